The third-order valence-corrected chi connectivity index (χ3v) is 3.50. The zero-order chi connectivity index (χ0) is 11.7. The van der Waals surface area contributed by atoms with Gasteiger partial charge in [-0.3, -0.25) is 4.79 Å². The lowest BCUT2D eigenvalue weighted by Crippen LogP contribution is -2.47. The number of ether oxygens (including phenoxy) is 1. The van der Waals surface area contributed by atoms with Crippen LogP contribution in [0.4, 0.5) is 0 Å². The van der Waals surface area contributed by atoms with Gasteiger partial charge in [0.05, 0.1) is 19.1 Å². The van der Waals surface area contributed by atoms with Crippen LogP contribution in [0, 0.1) is 11.8 Å². The van der Waals surface area contributed by atoms with Crippen LogP contribution in [0.25, 0.3) is 0 Å². The molecule has 1 saturated carbocycles. The van der Waals surface area contributed by atoms with Gasteiger partial charge in [0.25, 0.3) is 0 Å². The largest absolute Gasteiger partial charge is 0.379 e. The second-order valence-electron chi connectivity index (χ2n) is 5.34. The molecule has 1 amide bonds. The molecule has 1 heterocycles. The van der Waals surface area contributed by atoms with Crippen LogP contribution in [0.3, 0.4) is 0 Å². The highest BCUT2D eigenvalue weighted by atomic mass is 16.5. The Labute approximate surface area is 97.1 Å². The fourth-order valence-electron chi connectivity index (χ4n) is 2.17. The van der Waals surface area contributed by atoms with E-state index in [1.807, 2.05) is 4.90 Å². The van der Waals surface area contributed by atoms with Gasteiger partial charge in [0, 0.05) is 18.6 Å². The third kappa shape index (κ3) is 2.55. The van der Waals surface area contributed by atoms with Crippen molar-refractivity contribution in [3.63, 3.8) is 0 Å². The highest BCUT2D eigenvalue weighted by Gasteiger charge is 2.37. The Morgan fingerprint density at radius 1 is 1.44 bits per heavy atom. The van der Waals surface area contributed by atoms with Crippen molar-refractivity contribution in [1.82, 2.24) is 4.90 Å². The third-order valence-electron chi connectivity index (χ3n) is 3.50. The number of rotatable bonds is 4. The summed E-state index contributed by atoms with van der Waals surface area (Å²) in [5.74, 6) is 0.790. The van der Waals surface area contributed by atoms with E-state index in [1.165, 1.54) is 12.8 Å². The Bertz CT molecular complexity index is 264. The summed E-state index contributed by atoms with van der Waals surface area (Å²) in [7, 11) is 0. The maximum Gasteiger partial charge on any atom is 0.229 e. The molecule has 0 radical (unpaired) electrons. The summed E-state index contributed by atoms with van der Waals surface area (Å²) in [6, 6.07) is 0.147. The van der Waals surface area contributed by atoms with E-state index in [4.69, 9.17) is 10.5 Å². The van der Waals surface area contributed by atoms with Crippen molar-refractivity contribution in [2.24, 2.45) is 17.6 Å². The maximum atomic E-state index is 12.3. The predicted molar refractivity (Wildman–Crippen MR) is 61.9 cm³/mol. The lowest BCUT2D eigenvalue weighted by Gasteiger charge is -2.30. The molecule has 2 unspecified atom stereocenters. The first-order chi connectivity index (χ1) is 7.59. The van der Waals surface area contributed by atoms with Crippen molar-refractivity contribution in [1.29, 1.82) is 0 Å². The fraction of sp³-hybridized carbons (Fsp3) is 0.917. The number of carbonyl (C=O) groups is 1. The van der Waals surface area contributed by atoms with E-state index in [9.17, 15) is 4.79 Å². The van der Waals surface area contributed by atoms with Gasteiger partial charge in [0.2, 0.25) is 5.91 Å². The molecule has 2 atom stereocenters. The monoisotopic (exact) mass is 226 g/mol. The number of hydrogen-bond donors (Lipinski definition) is 1. The summed E-state index contributed by atoms with van der Waals surface area (Å²) in [5, 5.41) is 0. The lowest BCUT2D eigenvalue weighted by molar-refractivity contribution is -0.137. The molecule has 0 aromatic carbocycles. The summed E-state index contributed by atoms with van der Waals surface area (Å²) in [4.78, 5) is 14.3. The van der Waals surface area contributed by atoms with Gasteiger partial charge in [0.15, 0.2) is 0 Å². The van der Waals surface area contributed by atoms with Crippen molar-refractivity contribution in [2.75, 3.05) is 19.8 Å². The molecule has 2 aliphatic rings. The summed E-state index contributed by atoms with van der Waals surface area (Å²) in [5.41, 5.74) is 5.89. The Kier molecular flexibility index (Phi) is 3.50. The second-order valence-corrected chi connectivity index (χ2v) is 5.34. The van der Waals surface area contributed by atoms with Crippen LogP contribution in [0.5, 0.6) is 0 Å². The quantitative estimate of drug-likeness (QED) is 0.764. The minimum absolute atomic E-state index is 0.118. The average Bonchev–Trinajstić information content (AvgIpc) is 2.95. The SMILES string of the molecule is CC(C)N(CC1CC1)C(=O)C1COCC1N. The number of carbonyl (C=O) groups excluding carboxylic acids is 1. The van der Waals surface area contributed by atoms with E-state index in [-0.39, 0.29) is 23.9 Å². The zero-order valence-electron chi connectivity index (χ0n) is 10.2. The number of hydrogen-bond acceptors (Lipinski definition) is 3. The first kappa shape index (κ1) is 11.9. The normalized spacial score (nSPS) is 29.8. The molecule has 1 saturated heterocycles. The Morgan fingerprint density at radius 3 is 2.56 bits per heavy atom. The Balaban J connectivity index is 1.97. The number of amides is 1. The Hall–Kier alpha value is -0.610. The van der Waals surface area contributed by atoms with Crippen molar-refractivity contribution in [2.45, 2.75) is 38.8 Å². The molecular formula is C12H22N2O2. The van der Waals surface area contributed by atoms with Gasteiger partial charge in [-0.15, -0.1) is 0 Å². The fourth-order valence-corrected chi connectivity index (χ4v) is 2.17. The van der Waals surface area contributed by atoms with Crippen LogP contribution in [0.1, 0.15) is 26.7 Å². The van der Waals surface area contributed by atoms with Gasteiger partial charge in [-0.25, -0.2) is 0 Å². The first-order valence-corrected chi connectivity index (χ1v) is 6.23. The highest BCUT2D eigenvalue weighted by Crippen LogP contribution is 2.31. The van der Waals surface area contributed by atoms with E-state index >= 15 is 0 Å². The summed E-state index contributed by atoms with van der Waals surface area (Å²) in [6.07, 6.45) is 2.54. The van der Waals surface area contributed by atoms with Crippen LogP contribution in [-0.4, -0.2) is 42.6 Å². The number of nitrogens with two attached hydrogens (primary N) is 1. The highest BCUT2D eigenvalue weighted by molar-refractivity contribution is 5.80. The molecule has 0 aromatic heterocycles. The summed E-state index contributed by atoms with van der Waals surface area (Å²) in [6.45, 7) is 6.06. The molecule has 0 bridgehead atoms. The van der Waals surface area contributed by atoms with E-state index in [2.05, 4.69) is 13.8 Å². The van der Waals surface area contributed by atoms with Gasteiger partial charge < -0.3 is 15.4 Å². The van der Waals surface area contributed by atoms with E-state index in [0.717, 1.165) is 12.5 Å². The van der Waals surface area contributed by atoms with Crippen molar-refractivity contribution in [3.8, 4) is 0 Å². The molecule has 2 fully saturated rings. The van der Waals surface area contributed by atoms with Gasteiger partial charge in [0.1, 0.15) is 0 Å². The summed E-state index contributed by atoms with van der Waals surface area (Å²) < 4.78 is 5.27. The molecule has 1 aliphatic heterocycles. The predicted octanol–water partition coefficient (Wildman–Crippen LogP) is 0.607. The van der Waals surface area contributed by atoms with Crippen LogP contribution in [0.2, 0.25) is 0 Å². The van der Waals surface area contributed by atoms with Crippen molar-refractivity contribution in [3.05, 3.63) is 0 Å². The van der Waals surface area contributed by atoms with Gasteiger partial charge in [-0.2, -0.15) is 0 Å². The number of nitrogens with zero attached hydrogens (tertiary/aromatic N) is 1. The topological polar surface area (TPSA) is 55.6 Å². The van der Waals surface area contributed by atoms with E-state index in [1.54, 1.807) is 0 Å². The minimum Gasteiger partial charge on any atom is -0.379 e. The lowest BCUT2D eigenvalue weighted by atomic mass is 10.0. The molecule has 1 aliphatic carbocycles. The minimum atomic E-state index is -0.124. The molecule has 2 rings (SSSR count). The van der Waals surface area contributed by atoms with Gasteiger partial charge in [-0.1, -0.05) is 0 Å². The van der Waals surface area contributed by atoms with Crippen LogP contribution in [-0.2, 0) is 9.53 Å². The maximum absolute atomic E-state index is 12.3. The zero-order valence-corrected chi connectivity index (χ0v) is 10.2. The van der Waals surface area contributed by atoms with Crippen LogP contribution >= 0.6 is 0 Å². The average molecular weight is 226 g/mol. The van der Waals surface area contributed by atoms with Crippen LogP contribution < -0.4 is 5.73 Å². The van der Waals surface area contributed by atoms with E-state index < -0.39 is 0 Å². The molecule has 4 heteroatoms. The second kappa shape index (κ2) is 4.72. The van der Waals surface area contributed by atoms with Crippen molar-refractivity contribution < 1.29 is 9.53 Å². The molecular weight excluding hydrogens is 204 g/mol. The molecule has 2 N–H and O–H groups in total. The van der Waals surface area contributed by atoms with Crippen molar-refractivity contribution >= 4 is 5.91 Å². The molecule has 0 spiro atoms. The van der Waals surface area contributed by atoms with Gasteiger partial charge >= 0.3 is 0 Å². The molecule has 92 valence electrons. The molecule has 0 aromatic rings. The Morgan fingerprint density at radius 2 is 2.12 bits per heavy atom. The molecule has 16 heavy (non-hydrogen) atoms. The van der Waals surface area contributed by atoms with E-state index in [0.29, 0.717) is 13.2 Å². The molecule has 4 nitrogen and oxygen atoms in total. The standard InChI is InChI=1S/C12H22N2O2/c1-8(2)14(5-9-3-4-9)12(15)10-6-16-7-11(10)13/h8-11H,3-7,13H2,1-2H3. The summed E-state index contributed by atoms with van der Waals surface area (Å²) >= 11 is 0. The first-order valence-electron chi connectivity index (χ1n) is 6.23. The smallest absolute Gasteiger partial charge is 0.229 e. The van der Waals surface area contributed by atoms with Gasteiger partial charge in [-0.05, 0) is 32.6 Å². The van der Waals surface area contributed by atoms with Crippen LogP contribution in [0.15, 0.2) is 0 Å².